The molecule has 0 aliphatic heterocycles. The van der Waals surface area contributed by atoms with Gasteiger partial charge in [-0.1, -0.05) is 12.1 Å². The number of H-pyrrole nitrogens is 1. The first-order valence-electron chi connectivity index (χ1n) is 8.17. The third kappa shape index (κ3) is 4.04. The third-order valence-corrected chi connectivity index (χ3v) is 4.56. The first-order valence-corrected chi connectivity index (χ1v) is 9.05. The molecule has 8 nitrogen and oxygen atoms in total. The largest absolute Gasteiger partial charge is 0.459 e. The minimum Gasteiger partial charge on any atom is -0.459 e. The second-order valence-corrected chi connectivity index (χ2v) is 6.59. The molecule has 0 fully saturated rings. The van der Waals surface area contributed by atoms with E-state index in [9.17, 15) is 9.59 Å². The molecular weight excluding hydrogens is 366 g/mol. The molecule has 0 saturated heterocycles. The Morgan fingerprint density at radius 1 is 1.15 bits per heavy atom. The highest BCUT2D eigenvalue weighted by molar-refractivity contribution is 7.14. The summed E-state index contributed by atoms with van der Waals surface area (Å²) in [6.07, 6.45) is 1.54. The number of imidazole rings is 1. The third-order valence-electron chi connectivity index (χ3n) is 3.75. The summed E-state index contributed by atoms with van der Waals surface area (Å²) in [4.78, 5) is 35.9. The van der Waals surface area contributed by atoms with Crippen molar-refractivity contribution in [2.45, 2.75) is 13.0 Å². The maximum Gasteiger partial charge on any atom is 0.293 e. The van der Waals surface area contributed by atoms with Gasteiger partial charge in [0.2, 0.25) is 5.91 Å². The molecule has 136 valence electrons. The maximum atomic E-state index is 12.1. The first kappa shape index (κ1) is 17.0. The number of amides is 2. The highest BCUT2D eigenvalue weighted by Crippen LogP contribution is 2.17. The number of anilines is 1. The molecule has 0 saturated carbocycles. The number of hydrogen-bond donors (Lipinski definition) is 3. The Hall–Kier alpha value is -3.46. The van der Waals surface area contributed by atoms with Crippen LogP contribution in [0.5, 0.6) is 0 Å². The number of rotatable bonds is 6. The minimum absolute atomic E-state index is 0.118. The fraction of sp³-hybridized carbons (Fsp3) is 0.111. The van der Waals surface area contributed by atoms with Gasteiger partial charge < -0.3 is 14.7 Å². The molecule has 1 aromatic carbocycles. The number of benzene rings is 1. The van der Waals surface area contributed by atoms with Crippen LogP contribution in [-0.4, -0.2) is 26.8 Å². The molecule has 4 rings (SSSR count). The second-order valence-electron chi connectivity index (χ2n) is 5.73. The number of nitrogens with one attached hydrogen (secondary N) is 3. The van der Waals surface area contributed by atoms with Crippen LogP contribution < -0.4 is 10.6 Å². The smallest absolute Gasteiger partial charge is 0.293 e. The average Bonchev–Trinajstić information content (AvgIpc) is 3.40. The molecule has 0 aliphatic carbocycles. The van der Waals surface area contributed by atoms with E-state index in [-0.39, 0.29) is 24.0 Å². The zero-order chi connectivity index (χ0) is 18.6. The summed E-state index contributed by atoms with van der Waals surface area (Å²) >= 11 is 1.25. The van der Waals surface area contributed by atoms with Gasteiger partial charge in [0.05, 0.1) is 36.0 Å². The Balaban J connectivity index is 1.30. The fourth-order valence-corrected chi connectivity index (χ4v) is 3.22. The van der Waals surface area contributed by atoms with E-state index in [1.165, 1.54) is 17.6 Å². The maximum absolute atomic E-state index is 12.1. The van der Waals surface area contributed by atoms with Crippen LogP contribution >= 0.6 is 11.3 Å². The van der Waals surface area contributed by atoms with Crippen molar-refractivity contribution in [2.24, 2.45) is 0 Å². The van der Waals surface area contributed by atoms with Crippen molar-refractivity contribution in [1.29, 1.82) is 0 Å². The Morgan fingerprint density at radius 2 is 2.04 bits per heavy atom. The summed E-state index contributed by atoms with van der Waals surface area (Å²) in [5.74, 6) is 0.337. The summed E-state index contributed by atoms with van der Waals surface area (Å²) in [6, 6.07) is 10.9. The zero-order valence-corrected chi connectivity index (χ0v) is 14.9. The van der Waals surface area contributed by atoms with Crippen LogP contribution in [0.1, 0.15) is 22.1 Å². The quantitative estimate of drug-likeness (QED) is 0.475. The summed E-state index contributed by atoms with van der Waals surface area (Å²) < 4.78 is 5.03. The molecule has 3 N–H and O–H groups in total. The van der Waals surface area contributed by atoms with Gasteiger partial charge in [-0.3, -0.25) is 14.9 Å². The SMILES string of the molecule is O=C(Cc1csc(NC(=O)c2ccco2)n1)NCc1nc2ccccc2[nH]1. The molecule has 0 radical (unpaired) electrons. The number of carbonyl (C=O) groups excluding carboxylic acids is 2. The highest BCUT2D eigenvalue weighted by atomic mass is 32.1. The molecule has 9 heteroatoms. The molecule has 0 atom stereocenters. The van der Waals surface area contributed by atoms with E-state index in [0.29, 0.717) is 23.2 Å². The lowest BCUT2D eigenvalue weighted by Crippen LogP contribution is -2.25. The van der Waals surface area contributed by atoms with Crippen LogP contribution in [0.3, 0.4) is 0 Å². The van der Waals surface area contributed by atoms with E-state index in [1.807, 2.05) is 24.3 Å². The molecule has 3 aromatic heterocycles. The zero-order valence-electron chi connectivity index (χ0n) is 14.1. The van der Waals surface area contributed by atoms with Crippen molar-refractivity contribution in [3.05, 3.63) is 65.3 Å². The molecular formula is C18H15N5O3S. The van der Waals surface area contributed by atoms with E-state index in [2.05, 4.69) is 25.6 Å². The summed E-state index contributed by atoms with van der Waals surface area (Å²) in [7, 11) is 0. The van der Waals surface area contributed by atoms with Gasteiger partial charge in [-0.25, -0.2) is 9.97 Å². The Bertz CT molecular complexity index is 1050. The van der Waals surface area contributed by atoms with Gasteiger partial charge in [-0.05, 0) is 24.3 Å². The molecule has 0 aliphatic rings. The van der Waals surface area contributed by atoms with E-state index >= 15 is 0 Å². The van der Waals surface area contributed by atoms with Gasteiger partial charge >= 0.3 is 0 Å². The van der Waals surface area contributed by atoms with Crippen LogP contribution in [0, 0.1) is 0 Å². The highest BCUT2D eigenvalue weighted by Gasteiger charge is 2.13. The van der Waals surface area contributed by atoms with Crippen LogP contribution in [0.15, 0.2) is 52.5 Å². The van der Waals surface area contributed by atoms with Gasteiger partial charge in [0.15, 0.2) is 10.9 Å². The molecule has 0 spiro atoms. The summed E-state index contributed by atoms with van der Waals surface area (Å²) in [6.45, 7) is 0.305. The second kappa shape index (κ2) is 7.42. The molecule has 0 bridgehead atoms. The predicted molar refractivity (Wildman–Crippen MR) is 100 cm³/mol. The number of hydrogen-bond acceptors (Lipinski definition) is 6. The Kier molecular flexibility index (Phi) is 4.67. The molecule has 2 amide bonds. The van der Waals surface area contributed by atoms with E-state index in [4.69, 9.17) is 4.42 Å². The number of thiazole rings is 1. The van der Waals surface area contributed by atoms with Crippen molar-refractivity contribution in [2.75, 3.05) is 5.32 Å². The number of furan rings is 1. The first-order chi connectivity index (χ1) is 13.2. The van der Waals surface area contributed by atoms with Crippen molar-refractivity contribution < 1.29 is 14.0 Å². The molecule has 0 unspecified atom stereocenters. The number of aromatic nitrogens is 3. The number of para-hydroxylation sites is 2. The van der Waals surface area contributed by atoms with Crippen LogP contribution in [0.25, 0.3) is 11.0 Å². The number of carbonyl (C=O) groups is 2. The van der Waals surface area contributed by atoms with Gasteiger partial charge in [0, 0.05) is 5.38 Å². The van der Waals surface area contributed by atoms with Crippen molar-refractivity contribution >= 4 is 39.3 Å². The average molecular weight is 381 g/mol. The van der Waals surface area contributed by atoms with Crippen molar-refractivity contribution in [1.82, 2.24) is 20.3 Å². The van der Waals surface area contributed by atoms with Gasteiger partial charge in [0.1, 0.15) is 5.82 Å². The number of nitrogens with zero attached hydrogens (tertiary/aromatic N) is 2. The standard InChI is InChI=1S/C18H15N5O3S/c24-16(19-9-15-21-12-4-1-2-5-13(12)22-15)8-11-10-27-18(20-11)23-17(25)14-6-3-7-26-14/h1-7,10H,8-9H2,(H,19,24)(H,21,22)(H,20,23,25). The lowest BCUT2D eigenvalue weighted by atomic mass is 10.3. The van der Waals surface area contributed by atoms with E-state index in [0.717, 1.165) is 11.0 Å². The van der Waals surface area contributed by atoms with Gasteiger partial charge in [-0.2, -0.15) is 0 Å². The molecule has 27 heavy (non-hydrogen) atoms. The van der Waals surface area contributed by atoms with Gasteiger partial charge in [-0.15, -0.1) is 11.3 Å². The van der Waals surface area contributed by atoms with Crippen LogP contribution in [0.4, 0.5) is 5.13 Å². The van der Waals surface area contributed by atoms with Crippen molar-refractivity contribution in [3.63, 3.8) is 0 Å². The normalized spacial score (nSPS) is 10.8. The van der Waals surface area contributed by atoms with Gasteiger partial charge in [0.25, 0.3) is 5.91 Å². The van der Waals surface area contributed by atoms with E-state index in [1.54, 1.807) is 17.5 Å². The minimum atomic E-state index is -0.379. The topological polar surface area (TPSA) is 113 Å². The van der Waals surface area contributed by atoms with Crippen LogP contribution in [0.2, 0.25) is 0 Å². The predicted octanol–water partition coefficient (Wildman–Crippen LogP) is 2.72. The lowest BCUT2D eigenvalue weighted by Gasteiger charge is -2.01. The Labute approximate surface area is 157 Å². The Morgan fingerprint density at radius 3 is 2.85 bits per heavy atom. The monoisotopic (exact) mass is 381 g/mol. The van der Waals surface area contributed by atoms with Crippen LogP contribution in [-0.2, 0) is 17.8 Å². The summed E-state index contributed by atoms with van der Waals surface area (Å²) in [5, 5.41) is 7.60. The molecule has 3 heterocycles. The van der Waals surface area contributed by atoms with Crippen molar-refractivity contribution in [3.8, 4) is 0 Å². The fourth-order valence-electron chi connectivity index (χ4n) is 2.51. The molecule has 4 aromatic rings. The number of aromatic amines is 1. The number of fused-ring (bicyclic) bond motifs is 1. The summed E-state index contributed by atoms with van der Waals surface area (Å²) in [5.41, 5.74) is 2.37. The lowest BCUT2D eigenvalue weighted by molar-refractivity contribution is -0.120. The van der Waals surface area contributed by atoms with E-state index < -0.39 is 0 Å².